The fourth-order valence-electron chi connectivity index (χ4n) is 3.61. The number of pyridine rings is 1. The summed E-state index contributed by atoms with van der Waals surface area (Å²) < 4.78 is 7.46. The molecule has 22 heavy (non-hydrogen) atoms. The molecule has 4 heteroatoms. The number of fused-ring (bicyclic) bond motifs is 1. The second kappa shape index (κ2) is 6.51. The van der Waals surface area contributed by atoms with Crippen LogP contribution in [0.2, 0.25) is 0 Å². The zero-order chi connectivity index (χ0) is 15.5. The topological polar surface area (TPSA) is 44.1 Å². The van der Waals surface area contributed by atoms with Gasteiger partial charge in [0.15, 0.2) is 0 Å². The van der Waals surface area contributed by atoms with Gasteiger partial charge in [-0.2, -0.15) is 0 Å². The summed E-state index contributed by atoms with van der Waals surface area (Å²) in [5, 5.41) is 0.911. The first-order chi connectivity index (χ1) is 10.7. The standard InChI is InChI=1S/C18H24N2O2/c1-3-22-18(21)16-13(2)20(12-14-8-5-4-6-9-14)17-15(16)10-7-11-19-17/h7,10-11,14H,3-6,8-9,12H2,1-2H3. The van der Waals surface area contributed by atoms with Gasteiger partial charge in [0.05, 0.1) is 12.2 Å². The van der Waals surface area contributed by atoms with E-state index in [2.05, 4.69) is 9.55 Å². The number of nitrogens with zero attached hydrogens (tertiary/aromatic N) is 2. The average molecular weight is 300 g/mol. The number of aromatic nitrogens is 2. The summed E-state index contributed by atoms with van der Waals surface area (Å²) in [5.74, 6) is 0.459. The van der Waals surface area contributed by atoms with Gasteiger partial charge in [0.2, 0.25) is 0 Å². The van der Waals surface area contributed by atoms with Gasteiger partial charge >= 0.3 is 5.97 Å². The van der Waals surface area contributed by atoms with Crippen LogP contribution in [0.3, 0.4) is 0 Å². The Morgan fingerprint density at radius 2 is 2.14 bits per heavy atom. The molecule has 2 aromatic rings. The molecule has 1 aliphatic rings. The lowest BCUT2D eigenvalue weighted by Crippen LogP contribution is -2.16. The Morgan fingerprint density at radius 3 is 2.86 bits per heavy atom. The summed E-state index contributed by atoms with van der Waals surface area (Å²) in [4.78, 5) is 16.8. The van der Waals surface area contributed by atoms with Crippen molar-refractivity contribution < 1.29 is 9.53 Å². The molecule has 1 aliphatic carbocycles. The zero-order valence-corrected chi connectivity index (χ0v) is 13.5. The number of carbonyl (C=O) groups excluding carboxylic acids is 1. The van der Waals surface area contributed by atoms with Crippen molar-refractivity contribution in [2.75, 3.05) is 6.61 Å². The lowest BCUT2D eigenvalue weighted by Gasteiger charge is -2.23. The molecule has 3 rings (SSSR count). The van der Waals surface area contributed by atoms with E-state index < -0.39 is 0 Å². The van der Waals surface area contributed by atoms with Crippen LogP contribution in [0.15, 0.2) is 18.3 Å². The summed E-state index contributed by atoms with van der Waals surface area (Å²) in [6, 6.07) is 3.86. The first-order valence-electron chi connectivity index (χ1n) is 8.33. The highest BCUT2D eigenvalue weighted by atomic mass is 16.5. The van der Waals surface area contributed by atoms with Crippen LogP contribution >= 0.6 is 0 Å². The normalized spacial score (nSPS) is 16.1. The minimum Gasteiger partial charge on any atom is -0.462 e. The highest BCUT2D eigenvalue weighted by Crippen LogP contribution is 2.30. The molecule has 0 aliphatic heterocycles. The van der Waals surface area contributed by atoms with Gasteiger partial charge in [0.1, 0.15) is 5.65 Å². The van der Waals surface area contributed by atoms with Crippen molar-refractivity contribution in [3.05, 3.63) is 29.6 Å². The molecule has 0 atom stereocenters. The van der Waals surface area contributed by atoms with E-state index in [0.29, 0.717) is 18.1 Å². The molecule has 2 aromatic heterocycles. The first-order valence-corrected chi connectivity index (χ1v) is 8.33. The summed E-state index contributed by atoms with van der Waals surface area (Å²) in [7, 11) is 0. The van der Waals surface area contributed by atoms with Gasteiger partial charge in [0, 0.05) is 23.8 Å². The second-order valence-corrected chi connectivity index (χ2v) is 6.17. The Kier molecular flexibility index (Phi) is 4.46. The Labute approximate surface area is 131 Å². The van der Waals surface area contributed by atoms with Crippen LogP contribution in [-0.4, -0.2) is 22.1 Å². The minimum atomic E-state index is -0.236. The molecule has 2 heterocycles. The van der Waals surface area contributed by atoms with Crippen LogP contribution in [0, 0.1) is 12.8 Å². The van der Waals surface area contributed by atoms with Gasteiger partial charge in [-0.15, -0.1) is 0 Å². The zero-order valence-electron chi connectivity index (χ0n) is 13.5. The molecular formula is C18H24N2O2. The Balaban J connectivity index is 2.01. The Morgan fingerprint density at radius 1 is 1.36 bits per heavy atom. The number of carbonyl (C=O) groups is 1. The fraction of sp³-hybridized carbons (Fsp3) is 0.556. The molecule has 0 amide bonds. The van der Waals surface area contributed by atoms with Crippen LogP contribution in [0.25, 0.3) is 11.0 Å². The quantitative estimate of drug-likeness (QED) is 0.798. The second-order valence-electron chi connectivity index (χ2n) is 6.17. The highest BCUT2D eigenvalue weighted by molar-refractivity contribution is 6.04. The van der Waals surface area contributed by atoms with Gasteiger partial charge in [-0.1, -0.05) is 19.3 Å². The molecule has 0 saturated heterocycles. The SMILES string of the molecule is CCOC(=O)c1c(C)n(CC2CCCCC2)c2ncccc12. The molecular weight excluding hydrogens is 276 g/mol. The van der Waals surface area contributed by atoms with Crippen LogP contribution in [0.5, 0.6) is 0 Å². The monoisotopic (exact) mass is 300 g/mol. The lowest BCUT2D eigenvalue weighted by atomic mass is 9.89. The van der Waals surface area contributed by atoms with Gasteiger partial charge in [-0.25, -0.2) is 9.78 Å². The van der Waals surface area contributed by atoms with Crippen LogP contribution < -0.4 is 0 Å². The number of hydrogen-bond acceptors (Lipinski definition) is 3. The number of esters is 1. The molecule has 0 radical (unpaired) electrons. The maximum atomic E-state index is 12.3. The van der Waals surface area contributed by atoms with E-state index in [1.807, 2.05) is 26.0 Å². The third-order valence-electron chi connectivity index (χ3n) is 4.72. The van der Waals surface area contributed by atoms with E-state index in [9.17, 15) is 4.79 Å². The number of rotatable bonds is 4. The van der Waals surface area contributed by atoms with Gasteiger partial charge < -0.3 is 9.30 Å². The van der Waals surface area contributed by atoms with Crippen molar-refractivity contribution in [3.63, 3.8) is 0 Å². The van der Waals surface area contributed by atoms with Crippen LogP contribution in [0.1, 0.15) is 55.1 Å². The van der Waals surface area contributed by atoms with Crippen molar-refractivity contribution in [2.24, 2.45) is 5.92 Å². The molecule has 4 nitrogen and oxygen atoms in total. The van der Waals surface area contributed by atoms with Crippen molar-refractivity contribution in [2.45, 2.75) is 52.5 Å². The molecule has 1 fully saturated rings. The van der Waals surface area contributed by atoms with E-state index in [-0.39, 0.29) is 5.97 Å². The largest absolute Gasteiger partial charge is 0.462 e. The fourth-order valence-corrected chi connectivity index (χ4v) is 3.61. The highest BCUT2D eigenvalue weighted by Gasteiger charge is 2.23. The smallest absolute Gasteiger partial charge is 0.340 e. The van der Waals surface area contributed by atoms with E-state index in [1.165, 1.54) is 32.1 Å². The van der Waals surface area contributed by atoms with E-state index in [1.54, 1.807) is 6.20 Å². The number of hydrogen-bond donors (Lipinski definition) is 0. The Bertz CT molecular complexity index is 669. The van der Waals surface area contributed by atoms with Gasteiger partial charge in [-0.3, -0.25) is 0 Å². The third kappa shape index (κ3) is 2.74. The molecule has 1 saturated carbocycles. The van der Waals surface area contributed by atoms with E-state index in [0.717, 1.165) is 23.3 Å². The molecule has 0 bridgehead atoms. The van der Waals surface area contributed by atoms with Crippen molar-refractivity contribution in [1.82, 2.24) is 9.55 Å². The predicted octanol–water partition coefficient (Wildman–Crippen LogP) is 4.10. The maximum absolute atomic E-state index is 12.3. The lowest BCUT2D eigenvalue weighted by molar-refractivity contribution is 0.0527. The molecule has 0 unspecified atom stereocenters. The molecule has 0 spiro atoms. The third-order valence-corrected chi connectivity index (χ3v) is 4.72. The molecule has 118 valence electrons. The van der Waals surface area contributed by atoms with Gasteiger partial charge in [-0.05, 0) is 44.7 Å². The van der Waals surface area contributed by atoms with Crippen molar-refractivity contribution in [3.8, 4) is 0 Å². The average Bonchev–Trinajstić information content (AvgIpc) is 2.81. The summed E-state index contributed by atoms with van der Waals surface area (Å²) in [5.41, 5.74) is 2.58. The maximum Gasteiger partial charge on any atom is 0.340 e. The van der Waals surface area contributed by atoms with E-state index >= 15 is 0 Å². The Hall–Kier alpha value is -1.84. The predicted molar refractivity (Wildman–Crippen MR) is 87.0 cm³/mol. The number of ether oxygens (including phenoxy) is 1. The van der Waals surface area contributed by atoms with Gasteiger partial charge in [0.25, 0.3) is 0 Å². The molecule has 0 N–H and O–H groups in total. The molecule has 0 aromatic carbocycles. The van der Waals surface area contributed by atoms with Crippen LogP contribution in [-0.2, 0) is 11.3 Å². The van der Waals surface area contributed by atoms with Crippen molar-refractivity contribution in [1.29, 1.82) is 0 Å². The van der Waals surface area contributed by atoms with E-state index in [4.69, 9.17) is 4.74 Å². The first kappa shape index (κ1) is 15.1. The summed E-state index contributed by atoms with van der Waals surface area (Å²) >= 11 is 0. The summed E-state index contributed by atoms with van der Waals surface area (Å²) in [6.45, 7) is 5.20. The van der Waals surface area contributed by atoms with Crippen molar-refractivity contribution >= 4 is 17.0 Å². The summed E-state index contributed by atoms with van der Waals surface area (Å²) in [6.07, 6.45) is 8.35. The van der Waals surface area contributed by atoms with Crippen LogP contribution in [0.4, 0.5) is 0 Å². The minimum absolute atomic E-state index is 0.236.